The van der Waals surface area contributed by atoms with E-state index in [-0.39, 0.29) is 123 Å². The van der Waals surface area contributed by atoms with Gasteiger partial charge >= 0.3 is 5.97 Å². The molecule has 2 heterocycles. The Kier molecular flexibility index (Phi) is 13.3. The molecule has 9 aliphatic rings. The third kappa shape index (κ3) is 8.06. The normalized spacial score (nSPS) is 47.1. The van der Waals surface area contributed by atoms with Crippen LogP contribution in [0, 0.1) is 99.6 Å². The van der Waals surface area contributed by atoms with Gasteiger partial charge in [-0.1, -0.05) is 31.4 Å². The zero-order valence-electron chi connectivity index (χ0n) is 42.1. The van der Waals surface area contributed by atoms with E-state index in [1.165, 1.54) is 12.5 Å². The summed E-state index contributed by atoms with van der Waals surface area (Å²) in [7, 11) is 0. The number of guanidine groups is 1. The van der Waals surface area contributed by atoms with Crippen molar-refractivity contribution in [3.05, 3.63) is 46.9 Å². The number of ether oxygens (including phenoxy) is 1. The fourth-order valence-electron chi connectivity index (χ4n) is 18.0. The van der Waals surface area contributed by atoms with Crippen LogP contribution in [0.5, 0.6) is 0 Å². The van der Waals surface area contributed by atoms with Gasteiger partial charge in [-0.05, 0) is 167 Å². The molecule has 2 bridgehead atoms. The molecule has 12 N–H and O–H groups in total. The average Bonchev–Trinajstić information content (AvgIpc) is 4.05. The summed E-state index contributed by atoms with van der Waals surface area (Å²) in [5.41, 5.74) is 9.22. The van der Waals surface area contributed by atoms with Crippen LogP contribution >= 0.6 is 0 Å². The van der Waals surface area contributed by atoms with Crippen LogP contribution in [0.2, 0.25) is 0 Å². The molecule has 1 aromatic rings. The van der Waals surface area contributed by atoms with Gasteiger partial charge in [0.2, 0.25) is 0 Å². The molecule has 15 heteroatoms. The van der Waals surface area contributed by atoms with E-state index in [9.17, 15) is 40.2 Å². The lowest BCUT2D eigenvalue weighted by Gasteiger charge is -2.68. The minimum Gasteiger partial charge on any atom is -0.465 e. The topological polar surface area (TPSA) is 274 Å². The van der Waals surface area contributed by atoms with E-state index in [0.717, 1.165) is 24.8 Å². The fraction of sp³-hybridized carbons (Fsp3) is 0.750. The number of nitrogens with two attached hydrogens (primary N) is 2. The maximum Gasteiger partial charge on any atom is 0.313 e. The highest BCUT2D eigenvalue weighted by molar-refractivity contribution is 6.00. The number of nitrogens with zero attached hydrogens (tertiary/aromatic N) is 1. The molecule has 0 unspecified atom stereocenters. The molecule has 1 aliphatic heterocycles. The molecule has 388 valence electrons. The van der Waals surface area contributed by atoms with E-state index in [1.54, 1.807) is 6.92 Å². The van der Waals surface area contributed by atoms with Crippen molar-refractivity contribution in [2.24, 2.45) is 104 Å². The van der Waals surface area contributed by atoms with Crippen LogP contribution in [-0.4, -0.2) is 115 Å². The molecule has 6 fully saturated rings. The quantitative estimate of drug-likeness (QED) is 0.0587. The summed E-state index contributed by atoms with van der Waals surface area (Å²) in [5, 5.41) is 78.5. The van der Waals surface area contributed by atoms with Crippen molar-refractivity contribution in [3.63, 3.8) is 0 Å². The highest BCUT2D eigenvalue weighted by Gasteiger charge is 2.78. The van der Waals surface area contributed by atoms with Crippen molar-refractivity contribution in [2.75, 3.05) is 26.3 Å². The van der Waals surface area contributed by atoms with Gasteiger partial charge in [0.25, 0.3) is 0 Å². The number of hydrogen-bond acceptors (Lipinski definition) is 12. The standard InChI is InChI=1S/C56H79N5O10/c1-28-8-9-30-11-13-37-35(26-62)18-44(66)54(4,69)50-33(7-5-6-31(17-39(37)38(30)16-28)40-27-71-51(68)45(40)34-14-15-59-24-34)21-56(70)47-46(32-10-12-36(25-61-52(57)58)55(50,56)20-32)53(3)22-43(65)42(64)19-41(53)49(67)48(47)60-23-29(2)63/h11,14-15,24,28,31-33,35-46,50,59-60,62,64-66,69-70H,7-10,12-13,16-23,25-27H2,1-4H3,(H4,57,58,61)/t28-,31+,32-,33+,35-,36-,37-,38+,39-,40+,41-,42+,43-,44+,45-,46-,50+,53-,54-,55-,56+/m0/s1. The maximum atomic E-state index is 15.3. The molecule has 15 nitrogen and oxygen atoms in total. The summed E-state index contributed by atoms with van der Waals surface area (Å²) in [6, 6.07) is 1.92. The van der Waals surface area contributed by atoms with Gasteiger partial charge in [-0.3, -0.25) is 19.4 Å². The number of H-pyrrole nitrogens is 1. The number of aromatic nitrogens is 1. The number of Topliss-reactive ketones (excluding diaryl/α,β-unsaturated/α-hetero) is 2. The Morgan fingerprint density at radius 3 is 2.49 bits per heavy atom. The largest absolute Gasteiger partial charge is 0.465 e. The molecular formula is C56H79N5O10. The Morgan fingerprint density at radius 2 is 1.77 bits per heavy atom. The molecule has 0 amide bonds. The number of carbonyl (C=O) groups is 3. The number of aliphatic hydroxyl groups excluding tert-OH is 4. The first-order valence-corrected chi connectivity index (χ1v) is 26.9. The molecule has 1 spiro atoms. The summed E-state index contributed by atoms with van der Waals surface area (Å²) >= 11 is 0. The number of carbonyl (C=O) groups excluding carboxylic acids is 3. The summed E-state index contributed by atoms with van der Waals surface area (Å²) in [4.78, 5) is 49.5. The van der Waals surface area contributed by atoms with Crippen LogP contribution < -0.4 is 16.8 Å². The van der Waals surface area contributed by atoms with Gasteiger partial charge < -0.3 is 57.1 Å². The molecule has 10 rings (SSSR count). The Morgan fingerprint density at radius 1 is 0.986 bits per heavy atom. The van der Waals surface area contributed by atoms with Gasteiger partial charge in [-0.2, -0.15) is 0 Å². The van der Waals surface area contributed by atoms with Gasteiger partial charge in [0.15, 0.2) is 11.7 Å². The number of nitrogens with one attached hydrogen (secondary N) is 2. The van der Waals surface area contributed by atoms with E-state index >= 15 is 4.79 Å². The van der Waals surface area contributed by atoms with Gasteiger partial charge in [0.05, 0.1) is 54.3 Å². The molecule has 1 saturated heterocycles. The number of ketones is 2. The SMILES string of the molecule is CC(=O)CNC1=C2[C@H]([C@H]3CC[C@@H](CN=C(N)N)[C@@]4(C3)[C@@H]3[C@H](CC#C[C@@H]([C@H]5COC(=O)[C@H]5c5cc[nH]c5)C[C@H]5[C@@H](CC=C6CC[C@H](C)C[C@H]65)[C@H](CO)C[C@@H](O)[C@]3(C)O)C[C@@]24O)[C@@]2(C)C[C@H](O)[C@H](O)C[C@H]2C1=O. The fourth-order valence-corrected chi connectivity index (χ4v) is 18.0. The Labute approximate surface area is 418 Å². The van der Waals surface area contributed by atoms with Gasteiger partial charge in [-0.15, -0.1) is 5.92 Å². The number of aromatic amines is 1. The number of aliphatic imine (C=N–C) groups is 1. The summed E-state index contributed by atoms with van der Waals surface area (Å²) in [6.45, 7) is 7.35. The van der Waals surface area contributed by atoms with E-state index in [1.807, 2.05) is 25.4 Å². The maximum absolute atomic E-state index is 15.3. The first kappa shape index (κ1) is 50.5. The Hall–Kier alpha value is -4.04. The van der Waals surface area contributed by atoms with E-state index in [0.29, 0.717) is 43.6 Å². The lowest BCUT2D eigenvalue weighted by Crippen LogP contribution is -2.70. The predicted molar refractivity (Wildman–Crippen MR) is 264 cm³/mol. The molecule has 0 aromatic carbocycles. The van der Waals surface area contributed by atoms with E-state index in [4.69, 9.17) is 16.2 Å². The molecule has 5 saturated carbocycles. The van der Waals surface area contributed by atoms with Crippen molar-refractivity contribution in [1.82, 2.24) is 10.3 Å². The molecule has 21 atom stereocenters. The van der Waals surface area contributed by atoms with Crippen LogP contribution in [0.4, 0.5) is 0 Å². The smallest absolute Gasteiger partial charge is 0.313 e. The zero-order valence-corrected chi connectivity index (χ0v) is 42.1. The van der Waals surface area contributed by atoms with Crippen LogP contribution in [0.3, 0.4) is 0 Å². The van der Waals surface area contributed by atoms with Crippen LogP contribution in [0.15, 0.2) is 46.4 Å². The van der Waals surface area contributed by atoms with Crippen molar-refractivity contribution < 1.29 is 49.8 Å². The van der Waals surface area contributed by atoms with Crippen LogP contribution in [-0.2, 0) is 19.1 Å². The van der Waals surface area contributed by atoms with Gasteiger partial charge in [-0.25, -0.2) is 0 Å². The highest BCUT2D eigenvalue weighted by atomic mass is 16.5. The lowest BCUT2D eigenvalue weighted by molar-refractivity contribution is -0.227. The Bertz CT molecular complexity index is 2400. The molecule has 1 aromatic heterocycles. The van der Waals surface area contributed by atoms with Gasteiger partial charge in [0.1, 0.15) is 5.78 Å². The third-order valence-electron chi connectivity index (χ3n) is 20.9. The minimum absolute atomic E-state index is 0.0329. The summed E-state index contributed by atoms with van der Waals surface area (Å²) in [5.74, 6) is 2.52. The number of rotatable bonds is 8. The zero-order chi connectivity index (χ0) is 50.5. The lowest BCUT2D eigenvalue weighted by atomic mass is 9.37. The molecule has 8 aliphatic carbocycles. The number of aliphatic hydroxyl groups is 6. The van der Waals surface area contributed by atoms with Crippen LogP contribution in [0.1, 0.15) is 123 Å². The number of hydrogen-bond donors (Lipinski definition) is 10. The first-order valence-electron chi connectivity index (χ1n) is 26.9. The monoisotopic (exact) mass is 982 g/mol. The first-order chi connectivity index (χ1) is 33.7. The summed E-state index contributed by atoms with van der Waals surface area (Å²) in [6.07, 6.45) is 9.06. The minimum atomic E-state index is -1.89. The number of allylic oxidation sites excluding steroid dienone is 3. The number of cyclic esters (lactones) is 1. The van der Waals surface area contributed by atoms with Crippen molar-refractivity contribution in [2.45, 2.75) is 147 Å². The average molecular weight is 982 g/mol. The van der Waals surface area contributed by atoms with E-state index in [2.05, 4.69) is 40.1 Å². The Balaban J connectivity index is 1.17. The third-order valence-corrected chi connectivity index (χ3v) is 20.9. The van der Waals surface area contributed by atoms with Crippen molar-refractivity contribution in [3.8, 4) is 11.8 Å². The number of fused-ring (bicyclic) bond motifs is 10. The summed E-state index contributed by atoms with van der Waals surface area (Å²) < 4.78 is 5.91. The second-order valence-electron chi connectivity index (χ2n) is 24.7. The molecule has 71 heavy (non-hydrogen) atoms. The molecular weight excluding hydrogens is 903 g/mol. The highest BCUT2D eigenvalue weighted by Crippen LogP contribution is 2.77. The van der Waals surface area contributed by atoms with Crippen molar-refractivity contribution >= 4 is 23.5 Å². The second-order valence-corrected chi connectivity index (χ2v) is 24.7. The van der Waals surface area contributed by atoms with Crippen LogP contribution in [0.25, 0.3) is 0 Å². The van der Waals surface area contributed by atoms with E-state index < -0.39 is 81.8 Å². The predicted octanol–water partition coefficient (Wildman–Crippen LogP) is 3.62. The molecule has 0 radical (unpaired) electrons. The van der Waals surface area contributed by atoms with Crippen molar-refractivity contribution in [1.29, 1.82) is 0 Å². The number of esters is 1. The van der Waals surface area contributed by atoms with Gasteiger partial charge in [0, 0.05) is 61.1 Å². The second kappa shape index (κ2) is 18.7.